The third-order valence-corrected chi connectivity index (χ3v) is 7.51. The molecule has 0 saturated heterocycles. The molecular formula is C28H50O2S. The van der Waals surface area contributed by atoms with E-state index >= 15 is 0 Å². The van der Waals surface area contributed by atoms with Crippen molar-refractivity contribution in [2.75, 3.05) is 24.7 Å². The smallest absolute Gasteiger partial charge is 0.0810 e. The van der Waals surface area contributed by atoms with E-state index in [0.717, 1.165) is 25.4 Å². The quantitative estimate of drug-likeness (QED) is 0.139. The molecule has 0 spiro atoms. The molecule has 0 heterocycles. The Morgan fingerprint density at radius 1 is 0.839 bits per heavy atom. The van der Waals surface area contributed by atoms with E-state index in [2.05, 4.69) is 50.9 Å². The molecule has 0 N–H and O–H groups in total. The summed E-state index contributed by atoms with van der Waals surface area (Å²) >= 11 is 0. The van der Waals surface area contributed by atoms with Gasteiger partial charge >= 0.3 is 0 Å². The Balaban J connectivity index is 1.89. The molecular weight excluding hydrogens is 400 g/mol. The maximum atomic E-state index is 5.99. The van der Waals surface area contributed by atoms with Gasteiger partial charge in [0, 0.05) is 6.61 Å². The highest BCUT2D eigenvalue weighted by atomic mass is 32.2. The molecule has 0 bridgehead atoms. The highest BCUT2D eigenvalue weighted by molar-refractivity contribution is 8.14. The lowest BCUT2D eigenvalue weighted by atomic mass is 10.0. The van der Waals surface area contributed by atoms with E-state index in [0.29, 0.717) is 23.7 Å². The number of ether oxygens (including phenoxy) is 2. The van der Waals surface area contributed by atoms with Crippen LogP contribution in [0.2, 0.25) is 0 Å². The average Bonchev–Trinajstić information content (AvgIpc) is 2.77. The van der Waals surface area contributed by atoms with Crippen LogP contribution in [0.15, 0.2) is 30.3 Å². The van der Waals surface area contributed by atoms with Gasteiger partial charge in [0.1, 0.15) is 0 Å². The van der Waals surface area contributed by atoms with Gasteiger partial charge in [-0.15, -0.1) is 0 Å². The van der Waals surface area contributed by atoms with Crippen molar-refractivity contribution in [3.8, 4) is 0 Å². The van der Waals surface area contributed by atoms with E-state index < -0.39 is 0 Å². The van der Waals surface area contributed by atoms with Crippen molar-refractivity contribution in [2.45, 2.75) is 104 Å². The Hall–Kier alpha value is -0.640. The van der Waals surface area contributed by atoms with Crippen molar-refractivity contribution in [3.63, 3.8) is 0 Å². The van der Waals surface area contributed by atoms with Crippen molar-refractivity contribution < 1.29 is 9.47 Å². The van der Waals surface area contributed by atoms with Crippen LogP contribution in [0.25, 0.3) is 0 Å². The van der Waals surface area contributed by atoms with Crippen molar-refractivity contribution in [1.82, 2.24) is 0 Å². The first-order valence-electron chi connectivity index (χ1n) is 12.8. The summed E-state index contributed by atoms with van der Waals surface area (Å²) in [5.41, 5.74) is 1.23. The van der Waals surface area contributed by atoms with Crippen LogP contribution in [-0.2, 0) is 16.1 Å². The van der Waals surface area contributed by atoms with Crippen LogP contribution in [0, 0.1) is 5.92 Å². The predicted molar refractivity (Wildman–Crippen MR) is 142 cm³/mol. The third kappa shape index (κ3) is 17.6. The first-order chi connectivity index (χ1) is 15.1. The topological polar surface area (TPSA) is 18.5 Å². The molecule has 2 atom stereocenters. The van der Waals surface area contributed by atoms with Crippen molar-refractivity contribution in [3.05, 3.63) is 35.9 Å². The van der Waals surface area contributed by atoms with Crippen LogP contribution in [0.1, 0.15) is 97.0 Å². The lowest BCUT2D eigenvalue weighted by Gasteiger charge is -2.16. The van der Waals surface area contributed by atoms with E-state index in [-0.39, 0.29) is 6.10 Å². The second kappa shape index (κ2) is 20.0. The molecule has 0 aromatic heterocycles. The van der Waals surface area contributed by atoms with E-state index in [1.165, 1.54) is 74.9 Å². The van der Waals surface area contributed by atoms with Crippen LogP contribution in [-0.4, -0.2) is 36.7 Å². The molecule has 2 nitrogen and oxygen atoms in total. The molecule has 1 rings (SSSR count). The van der Waals surface area contributed by atoms with Gasteiger partial charge in [-0.2, -0.15) is 10.5 Å². The summed E-state index contributed by atoms with van der Waals surface area (Å²) in [6, 6.07) is 10.4. The minimum absolute atomic E-state index is 0.188. The zero-order valence-corrected chi connectivity index (χ0v) is 21.6. The molecule has 0 aliphatic carbocycles. The predicted octanol–water partition coefficient (Wildman–Crippen LogP) is 8.26. The first-order valence-corrected chi connectivity index (χ1v) is 14.6. The number of unbranched alkanes of at least 4 members (excludes halogenated alkanes) is 7. The summed E-state index contributed by atoms with van der Waals surface area (Å²) in [4.78, 5) is 0. The number of hydrogen-bond acceptors (Lipinski definition) is 2. The van der Waals surface area contributed by atoms with E-state index in [4.69, 9.17) is 9.47 Å². The molecule has 1 aromatic rings. The molecule has 0 aliphatic heterocycles. The van der Waals surface area contributed by atoms with Gasteiger partial charge in [0.2, 0.25) is 0 Å². The summed E-state index contributed by atoms with van der Waals surface area (Å²) in [6.45, 7) is 9.03. The lowest BCUT2D eigenvalue weighted by molar-refractivity contribution is -0.0259. The van der Waals surface area contributed by atoms with Gasteiger partial charge in [-0.1, -0.05) is 108 Å². The van der Waals surface area contributed by atoms with E-state index in [1.54, 1.807) is 0 Å². The summed E-state index contributed by atoms with van der Waals surface area (Å²) < 4.78 is 11.9. The Morgan fingerprint density at radius 3 is 2.10 bits per heavy atom. The highest BCUT2D eigenvalue weighted by Crippen LogP contribution is 2.17. The second-order valence-corrected chi connectivity index (χ2v) is 11.3. The molecule has 0 fully saturated rings. The standard InChI is InChI=1S/C28H50O2S/c1-5-28(30-24-27-19-14-12-15-20-27)25-29-21-17-23-31(4)22-16-11-9-7-6-8-10-13-18-26(2)3/h12,14-15,19-20,26,28H,4-11,13,16-18,21-25H2,1-3H3. The van der Waals surface area contributed by atoms with E-state index in [9.17, 15) is 0 Å². The van der Waals surface area contributed by atoms with Crippen LogP contribution in [0.5, 0.6) is 0 Å². The van der Waals surface area contributed by atoms with Crippen LogP contribution in [0.4, 0.5) is 0 Å². The fourth-order valence-corrected chi connectivity index (χ4v) is 5.02. The Kier molecular flexibility index (Phi) is 18.3. The summed E-state index contributed by atoms with van der Waals surface area (Å²) in [6.07, 6.45) is 15.0. The number of rotatable bonds is 21. The number of hydrogen-bond donors (Lipinski definition) is 0. The average molecular weight is 451 g/mol. The van der Waals surface area contributed by atoms with E-state index in [1.807, 2.05) is 6.07 Å². The Bertz CT molecular complexity index is 529. The van der Waals surface area contributed by atoms with Gasteiger partial charge in [0.15, 0.2) is 0 Å². The van der Waals surface area contributed by atoms with Crippen LogP contribution in [0.3, 0.4) is 0 Å². The normalized spacial score (nSPS) is 13.5. The SMILES string of the molecule is C=S(CCCCCCCCCCC(C)C)CCCOCC(CC)OCc1ccccc1. The first kappa shape index (κ1) is 28.4. The summed E-state index contributed by atoms with van der Waals surface area (Å²) in [7, 11) is 0.308. The second-order valence-electron chi connectivity index (χ2n) is 9.29. The fourth-order valence-electron chi connectivity index (χ4n) is 3.67. The maximum Gasteiger partial charge on any atom is 0.0810 e. The van der Waals surface area contributed by atoms with Gasteiger partial charge < -0.3 is 9.47 Å². The van der Waals surface area contributed by atoms with Gasteiger partial charge in [0.25, 0.3) is 0 Å². The molecule has 0 saturated carbocycles. The molecule has 0 amide bonds. The van der Waals surface area contributed by atoms with Crippen molar-refractivity contribution >= 4 is 16.4 Å². The summed E-state index contributed by atoms with van der Waals surface area (Å²) in [5.74, 6) is 7.75. The molecule has 1 aromatic carbocycles. The van der Waals surface area contributed by atoms with Crippen LogP contribution >= 0.6 is 10.5 Å². The molecule has 31 heavy (non-hydrogen) atoms. The molecule has 2 unspecified atom stereocenters. The monoisotopic (exact) mass is 450 g/mol. The summed E-state index contributed by atoms with van der Waals surface area (Å²) in [5, 5.41) is 0. The third-order valence-electron chi connectivity index (χ3n) is 5.77. The number of benzene rings is 1. The lowest BCUT2D eigenvalue weighted by Crippen LogP contribution is -2.19. The Labute approximate surface area is 196 Å². The van der Waals surface area contributed by atoms with Gasteiger partial charge in [-0.05, 0) is 42.2 Å². The van der Waals surface area contributed by atoms with Crippen LogP contribution < -0.4 is 0 Å². The van der Waals surface area contributed by atoms with Gasteiger partial charge in [-0.3, -0.25) is 0 Å². The van der Waals surface area contributed by atoms with Crippen molar-refractivity contribution in [1.29, 1.82) is 0 Å². The highest BCUT2D eigenvalue weighted by Gasteiger charge is 2.07. The Morgan fingerprint density at radius 2 is 1.45 bits per heavy atom. The minimum Gasteiger partial charge on any atom is -0.379 e. The largest absolute Gasteiger partial charge is 0.379 e. The zero-order chi connectivity index (χ0) is 22.6. The molecule has 0 aliphatic rings. The zero-order valence-electron chi connectivity index (χ0n) is 20.8. The maximum absolute atomic E-state index is 5.99. The van der Waals surface area contributed by atoms with Gasteiger partial charge in [0.05, 0.1) is 19.3 Å². The minimum atomic E-state index is 0.188. The molecule has 3 heteroatoms. The fraction of sp³-hybridized carbons (Fsp3) is 0.750. The van der Waals surface area contributed by atoms with Crippen molar-refractivity contribution in [2.24, 2.45) is 5.92 Å². The molecule has 180 valence electrons. The van der Waals surface area contributed by atoms with Gasteiger partial charge in [-0.25, -0.2) is 0 Å². The molecule has 0 radical (unpaired) electrons.